The van der Waals surface area contributed by atoms with Crippen LogP contribution in [-0.4, -0.2) is 13.1 Å². The van der Waals surface area contributed by atoms with Gasteiger partial charge in [-0.05, 0) is 37.6 Å². The van der Waals surface area contributed by atoms with E-state index in [0.29, 0.717) is 10.0 Å². The van der Waals surface area contributed by atoms with E-state index in [9.17, 15) is 0 Å². The first-order valence-corrected chi connectivity index (χ1v) is 6.91. The van der Waals surface area contributed by atoms with Gasteiger partial charge in [0.1, 0.15) is 0 Å². The van der Waals surface area contributed by atoms with E-state index in [-0.39, 0.29) is 6.04 Å². The molecule has 0 aliphatic heterocycles. The van der Waals surface area contributed by atoms with Gasteiger partial charge in [-0.1, -0.05) is 59.6 Å². The van der Waals surface area contributed by atoms with E-state index in [4.69, 9.17) is 23.2 Å². The van der Waals surface area contributed by atoms with Crippen LogP contribution in [-0.2, 0) is 6.42 Å². The summed E-state index contributed by atoms with van der Waals surface area (Å²) in [4.78, 5) is 0. The Morgan fingerprint density at radius 3 is 2.42 bits per heavy atom. The zero-order valence-corrected chi connectivity index (χ0v) is 12.3. The van der Waals surface area contributed by atoms with Crippen molar-refractivity contribution >= 4 is 23.2 Å². The molecule has 0 bridgehead atoms. The quantitative estimate of drug-likeness (QED) is 0.867. The van der Waals surface area contributed by atoms with Crippen molar-refractivity contribution in [2.75, 3.05) is 7.05 Å². The van der Waals surface area contributed by atoms with Gasteiger partial charge in [0.05, 0.1) is 10.0 Å². The molecule has 3 heteroatoms. The van der Waals surface area contributed by atoms with Gasteiger partial charge in [-0.15, -0.1) is 0 Å². The Hall–Kier alpha value is -1.02. The second kappa shape index (κ2) is 6.42. The van der Waals surface area contributed by atoms with Gasteiger partial charge in [0.2, 0.25) is 0 Å². The highest BCUT2D eigenvalue weighted by molar-refractivity contribution is 6.43. The number of hydrogen-bond donors (Lipinski definition) is 1. The third kappa shape index (κ3) is 3.50. The van der Waals surface area contributed by atoms with Crippen molar-refractivity contribution in [1.82, 2.24) is 5.32 Å². The molecule has 1 unspecified atom stereocenters. The molecule has 1 radical (unpaired) electrons. The maximum atomic E-state index is 6.22. The average Bonchev–Trinajstić information content (AvgIpc) is 2.43. The zero-order valence-electron chi connectivity index (χ0n) is 10.8. The van der Waals surface area contributed by atoms with Gasteiger partial charge < -0.3 is 5.32 Å². The zero-order chi connectivity index (χ0) is 13.8. The number of benzene rings is 2. The molecule has 0 aliphatic carbocycles. The Morgan fingerprint density at radius 1 is 1.11 bits per heavy atom. The summed E-state index contributed by atoms with van der Waals surface area (Å²) >= 11 is 12.3. The van der Waals surface area contributed by atoms with Crippen molar-refractivity contribution in [1.29, 1.82) is 0 Å². The van der Waals surface area contributed by atoms with Crippen molar-refractivity contribution in [3.05, 3.63) is 65.0 Å². The summed E-state index contributed by atoms with van der Waals surface area (Å²) in [5, 5.41) is 4.31. The Balaban J connectivity index is 2.25. The van der Waals surface area contributed by atoms with Crippen LogP contribution in [0.4, 0.5) is 0 Å². The predicted octanol–water partition coefficient (Wildman–Crippen LogP) is 4.62. The van der Waals surface area contributed by atoms with Crippen molar-refractivity contribution < 1.29 is 0 Å². The number of nitrogens with one attached hydrogen (secondary N) is 1. The van der Waals surface area contributed by atoms with E-state index in [1.54, 1.807) is 6.07 Å². The first kappa shape index (κ1) is 14.4. The summed E-state index contributed by atoms with van der Waals surface area (Å²) in [7, 11) is 1.91. The van der Waals surface area contributed by atoms with E-state index in [1.807, 2.05) is 19.2 Å². The molecule has 19 heavy (non-hydrogen) atoms. The van der Waals surface area contributed by atoms with E-state index in [2.05, 4.69) is 36.5 Å². The maximum absolute atomic E-state index is 6.22. The molecule has 2 aromatic carbocycles. The highest BCUT2D eigenvalue weighted by atomic mass is 35.5. The first-order valence-electron chi connectivity index (χ1n) is 6.15. The maximum Gasteiger partial charge on any atom is 0.0670 e. The molecule has 2 aromatic rings. The minimum Gasteiger partial charge on any atom is -0.317 e. The number of likely N-dealkylation sites (N-methyl/N-ethyl adjacent to an activating group) is 1. The Bertz CT molecular complexity index is 549. The molecule has 0 aromatic heterocycles. The van der Waals surface area contributed by atoms with Crippen LogP contribution in [0, 0.1) is 6.92 Å². The van der Waals surface area contributed by atoms with Gasteiger partial charge in [0.15, 0.2) is 0 Å². The number of rotatable bonds is 4. The van der Waals surface area contributed by atoms with Gasteiger partial charge in [-0.3, -0.25) is 0 Å². The predicted molar refractivity (Wildman–Crippen MR) is 83.8 cm³/mol. The molecule has 0 amide bonds. The van der Waals surface area contributed by atoms with Crippen molar-refractivity contribution in [3.63, 3.8) is 0 Å². The van der Waals surface area contributed by atoms with Gasteiger partial charge in [0.25, 0.3) is 0 Å². The SMILES string of the molecule is [CH2]C(Cc1ccc(-c2cccc(Cl)c2Cl)cc1)NC. The van der Waals surface area contributed by atoms with Crippen LogP contribution in [0.15, 0.2) is 42.5 Å². The Kier molecular flexibility index (Phi) is 4.87. The molecule has 0 aliphatic rings. The minimum absolute atomic E-state index is 0.223. The summed E-state index contributed by atoms with van der Waals surface area (Å²) in [6, 6.07) is 14.2. The molecule has 0 saturated carbocycles. The molecule has 0 saturated heterocycles. The third-order valence-corrected chi connectivity index (χ3v) is 3.93. The fraction of sp³-hybridized carbons (Fsp3) is 0.188. The molecule has 0 spiro atoms. The number of halogens is 2. The van der Waals surface area contributed by atoms with Crippen LogP contribution in [0.3, 0.4) is 0 Å². The van der Waals surface area contributed by atoms with E-state index in [1.165, 1.54) is 5.56 Å². The lowest BCUT2D eigenvalue weighted by molar-refractivity contribution is 0.661. The van der Waals surface area contributed by atoms with Crippen LogP contribution in [0.25, 0.3) is 11.1 Å². The molecular formula is C16H16Cl2N. The van der Waals surface area contributed by atoms with Crippen LogP contribution < -0.4 is 5.32 Å². The Labute approximate surface area is 124 Å². The largest absolute Gasteiger partial charge is 0.317 e. The van der Waals surface area contributed by atoms with Gasteiger partial charge in [0, 0.05) is 11.6 Å². The van der Waals surface area contributed by atoms with Crippen molar-refractivity contribution in [3.8, 4) is 11.1 Å². The molecular weight excluding hydrogens is 277 g/mol. The smallest absolute Gasteiger partial charge is 0.0670 e. The topological polar surface area (TPSA) is 12.0 Å². The highest BCUT2D eigenvalue weighted by Gasteiger charge is 2.07. The lowest BCUT2D eigenvalue weighted by Crippen LogP contribution is -2.23. The molecule has 1 nitrogen and oxygen atoms in total. The highest BCUT2D eigenvalue weighted by Crippen LogP contribution is 2.33. The minimum atomic E-state index is 0.223. The van der Waals surface area contributed by atoms with Crippen LogP contribution in [0.5, 0.6) is 0 Å². The van der Waals surface area contributed by atoms with E-state index < -0.39 is 0 Å². The van der Waals surface area contributed by atoms with Crippen molar-refractivity contribution in [2.45, 2.75) is 12.5 Å². The summed E-state index contributed by atoms with van der Waals surface area (Å²) in [5.74, 6) is 0. The molecule has 1 atom stereocenters. The van der Waals surface area contributed by atoms with Crippen LogP contribution in [0.2, 0.25) is 10.0 Å². The second-order valence-electron chi connectivity index (χ2n) is 4.49. The molecule has 0 fully saturated rings. The van der Waals surface area contributed by atoms with Gasteiger partial charge in [-0.2, -0.15) is 0 Å². The van der Waals surface area contributed by atoms with Crippen LogP contribution in [0.1, 0.15) is 5.56 Å². The van der Waals surface area contributed by atoms with Crippen LogP contribution >= 0.6 is 23.2 Å². The lowest BCUT2D eigenvalue weighted by Gasteiger charge is -2.11. The monoisotopic (exact) mass is 292 g/mol. The lowest BCUT2D eigenvalue weighted by atomic mass is 10.0. The standard InChI is InChI=1S/C16H16Cl2N/c1-11(19-2)10-12-6-8-13(9-7-12)14-4-3-5-15(17)16(14)18/h3-9,11,19H,1,10H2,2H3. The number of hydrogen-bond acceptors (Lipinski definition) is 1. The molecule has 2 rings (SSSR count). The second-order valence-corrected chi connectivity index (χ2v) is 5.27. The average molecular weight is 293 g/mol. The van der Waals surface area contributed by atoms with E-state index in [0.717, 1.165) is 17.5 Å². The molecule has 99 valence electrons. The molecule has 0 heterocycles. The third-order valence-electron chi connectivity index (χ3n) is 3.11. The normalized spacial score (nSPS) is 12.4. The molecule has 1 N–H and O–H groups in total. The van der Waals surface area contributed by atoms with Gasteiger partial charge >= 0.3 is 0 Å². The first-order chi connectivity index (χ1) is 9.11. The summed E-state index contributed by atoms with van der Waals surface area (Å²) in [6.45, 7) is 4.01. The van der Waals surface area contributed by atoms with Crippen molar-refractivity contribution in [2.24, 2.45) is 0 Å². The van der Waals surface area contributed by atoms with E-state index >= 15 is 0 Å². The summed E-state index contributed by atoms with van der Waals surface area (Å²) in [5.41, 5.74) is 3.28. The fourth-order valence-electron chi connectivity index (χ4n) is 1.93. The van der Waals surface area contributed by atoms with Gasteiger partial charge in [-0.25, -0.2) is 0 Å². The Morgan fingerprint density at radius 2 is 1.79 bits per heavy atom. The summed E-state index contributed by atoms with van der Waals surface area (Å²) < 4.78 is 0. The fourth-order valence-corrected chi connectivity index (χ4v) is 2.34. The summed E-state index contributed by atoms with van der Waals surface area (Å²) in [6.07, 6.45) is 0.903.